The van der Waals surface area contributed by atoms with Crippen LogP contribution in [0.25, 0.3) is 10.9 Å². The third kappa shape index (κ3) is 2.74. The van der Waals surface area contributed by atoms with Crippen molar-refractivity contribution >= 4 is 16.8 Å². The number of hydrogen-bond donors (Lipinski definition) is 2. The van der Waals surface area contributed by atoms with Gasteiger partial charge in [0, 0.05) is 24.5 Å². The summed E-state index contributed by atoms with van der Waals surface area (Å²) < 4.78 is 0. The number of nitrogens with one attached hydrogen (secondary N) is 2. The molecule has 2 N–H and O–H groups in total. The number of carbonyl (C=O) groups excluding carboxylic acids is 1. The SMILES string of the molecule is O=C(CC1CNC1)NCc1cccc2cccnc12. The Labute approximate surface area is 112 Å². The zero-order valence-electron chi connectivity index (χ0n) is 10.7. The number of fused-ring (bicyclic) bond motifs is 1. The Bertz CT molecular complexity index is 587. The lowest BCUT2D eigenvalue weighted by Gasteiger charge is -2.26. The minimum Gasteiger partial charge on any atom is -0.352 e. The number of pyridine rings is 1. The monoisotopic (exact) mass is 255 g/mol. The molecular formula is C15H17N3O. The molecule has 4 heteroatoms. The Kier molecular flexibility index (Phi) is 3.42. The second-order valence-corrected chi connectivity index (χ2v) is 5.00. The molecule has 0 spiro atoms. The minimum absolute atomic E-state index is 0.124. The van der Waals surface area contributed by atoms with Crippen LogP contribution in [0.5, 0.6) is 0 Å². The van der Waals surface area contributed by atoms with Crippen LogP contribution in [0.3, 0.4) is 0 Å². The molecule has 1 saturated heterocycles. The Balaban J connectivity index is 1.66. The van der Waals surface area contributed by atoms with Gasteiger partial charge in [-0.2, -0.15) is 0 Å². The molecule has 98 valence electrons. The van der Waals surface area contributed by atoms with Gasteiger partial charge < -0.3 is 10.6 Å². The summed E-state index contributed by atoms with van der Waals surface area (Å²) >= 11 is 0. The molecule has 1 aliphatic rings. The molecule has 0 unspecified atom stereocenters. The van der Waals surface area contributed by atoms with Crippen molar-refractivity contribution in [3.63, 3.8) is 0 Å². The van der Waals surface area contributed by atoms with Gasteiger partial charge in [-0.15, -0.1) is 0 Å². The van der Waals surface area contributed by atoms with E-state index in [0.717, 1.165) is 29.6 Å². The summed E-state index contributed by atoms with van der Waals surface area (Å²) in [6.07, 6.45) is 2.40. The van der Waals surface area contributed by atoms with Gasteiger partial charge in [-0.05, 0) is 30.6 Å². The van der Waals surface area contributed by atoms with Gasteiger partial charge in [0.05, 0.1) is 5.52 Å². The van der Waals surface area contributed by atoms with Crippen LogP contribution in [-0.4, -0.2) is 24.0 Å². The minimum atomic E-state index is 0.124. The molecule has 1 aromatic carbocycles. The number of amides is 1. The van der Waals surface area contributed by atoms with Crippen LogP contribution in [0.4, 0.5) is 0 Å². The molecule has 1 fully saturated rings. The van der Waals surface area contributed by atoms with Gasteiger partial charge in [-0.3, -0.25) is 9.78 Å². The van der Waals surface area contributed by atoms with Crippen molar-refractivity contribution in [3.05, 3.63) is 42.1 Å². The molecule has 2 heterocycles. The van der Waals surface area contributed by atoms with Crippen molar-refractivity contribution in [2.24, 2.45) is 5.92 Å². The van der Waals surface area contributed by atoms with Crippen molar-refractivity contribution in [1.82, 2.24) is 15.6 Å². The summed E-state index contributed by atoms with van der Waals surface area (Å²) in [6.45, 7) is 2.47. The zero-order chi connectivity index (χ0) is 13.1. The van der Waals surface area contributed by atoms with Crippen molar-refractivity contribution in [2.45, 2.75) is 13.0 Å². The molecule has 0 aliphatic carbocycles. The van der Waals surface area contributed by atoms with E-state index in [2.05, 4.69) is 15.6 Å². The molecule has 19 heavy (non-hydrogen) atoms. The van der Waals surface area contributed by atoms with Gasteiger partial charge >= 0.3 is 0 Å². The molecular weight excluding hydrogens is 238 g/mol. The van der Waals surface area contributed by atoms with Crippen molar-refractivity contribution in [3.8, 4) is 0 Å². The zero-order valence-corrected chi connectivity index (χ0v) is 10.7. The second-order valence-electron chi connectivity index (χ2n) is 5.00. The Hall–Kier alpha value is -1.94. The van der Waals surface area contributed by atoms with Crippen LogP contribution in [0.15, 0.2) is 36.5 Å². The first-order chi connectivity index (χ1) is 9.33. The van der Waals surface area contributed by atoms with Gasteiger partial charge in [0.15, 0.2) is 0 Å². The summed E-state index contributed by atoms with van der Waals surface area (Å²) in [7, 11) is 0. The largest absolute Gasteiger partial charge is 0.352 e. The molecule has 4 nitrogen and oxygen atoms in total. The number of hydrogen-bond acceptors (Lipinski definition) is 3. The smallest absolute Gasteiger partial charge is 0.220 e. The van der Waals surface area contributed by atoms with E-state index in [-0.39, 0.29) is 5.91 Å². The molecule has 1 amide bonds. The van der Waals surface area contributed by atoms with Crippen molar-refractivity contribution < 1.29 is 4.79 Å². The van der Waals surface area contributed by atoms with E-state index in [9.17, 15) is 4.79 Å². The molecule has 2 aromatic rings. The van der Waals surface area contributed by atoms with Gasteiger partial charge in [0.25, 0.3) is 0 Å². The predicted octanol–water partition coefficient (Wildman–Crippen LogP) is 1.46. The Morgan fingerprint density at radius 2 is 2.16 bits per heavy atom. The van der Waals surface area contributed by atoms with Crippen LogP contribution in [0.1, 0.15) is 12.0 Å². The molecule has 0 saturated carbocycles. The maximum atomic E-state index is 11.8. The van der Waals surface area contributed by atoms with E-state index in [0.29, 0.717) is 18.9 Å². The van der Waals surface area contributed by atoms with Gasteiger partial charge in [0.1, 0.15) is 0 Å². The second kappa shape index (κ2) is 5.36. The van der Waals surface area contributed by atoms with E-state index in [4.69, 9.17) is 0 Å². The third-order valence-corrected chi connectivity index (χ3v) is 3.53. The summed E-state index contributed by atoms with van der Waals surface area (Å²) in [5.41, 5.74) is 2.04. The number of aromatic nitrogens is 1. The topological polar surface area (TPSA) is 54.0 Å². The third-order valence-electron chi connectivity index (χ3n) is 3.53. The molecule has 3 rings (SSSR count). The number of carbonyl (C=O) groups is 1. The molecule has 0 bridgehead atoms. The lowest BCUT2D eigenvalue weighted by molar-refractivity contribution is -0.122. The highest BCUT2D eigenvalue weighted by Gasteiger charge is 2.19. The first kappa shape index (κ1) is 12.1. The molecule has 0 atom stereocenters. The summed E-state index contributed by atoms with van der Waals surface area (Å²) in [4.78, 5) is 16.2. The number of para-hydroxylation sites is 1. The standard InChI is InChI=1S/C15H17N3O/c19-14(7-11-8-16-9-11)18-10-13-4-1-3-12-5-2-6-17-15(12)13/h1-6,11,16H,7-10H2,(H,18,19). The predicted molar refractivity (Wildman–Crippen MR) is 74.6 cm³/mol. The fourth-order valence-electron chi connectivity index (χ4n) is 2.33. The average Bonchev–Trinajstić information content (AvgIpc) is 2.40. The first-order valence-corrected chi connectivity index (χ1v) is 6.63. The fraction of sp³-hybridized carbons (Fsp3) is 0.333. The Morgan fingerprint density at radius 1 is 1.32 bits per heavy atom. The quantitative estimate of drug-likeness (QED) is 0.869. The van der Waals surface area contributed by atoms with Crippen LogP contribution in [0.2, 0.25) is 0 Å². The number of rotatable bonds is 4. The summed E-state index contributed by atoms with van der Waals surface area (Å²) in [5.74, 6) is 0.630. The highest BCUT2D eigenvalue weighted by atomic mass is 16.1. The van der Waals surface area contributed by atoms with Gasteiger partial charge in [-0.1, -0.05) is 24.3 Å². The van der Waals surface area contributed by atoms with E-state index >= 15 is 0 Å². The van der Waals surface area contributed by atoms with Crippen LogP contribution in [0, 0.1) is 5.92 Å². The van der Waals surface area contributed by atoms with Gasteiger partial charge in [-0.25, -0.2) is 0 Å². The first-order valence-electron chi connectivity index (χ1n) is 6.63. The van der Waals surface area contributed by atoms with E-state index in [1.807, 2.05) is 30.3 Å². The van der Waals surface area contributed by atoms with E-state index < -0.39 is 0 Å². The Morgan fingerprint density at radius 3 is 2.95 bits per heavy atom. The molecule has 1 aliphatic heterocycles. The van der Waals surface area contributed by atoms with Gasteiger partial charge in [0.2, 0.25) is 5.91 Å². The molecule has 0 radical (unpaired) electrons. The lowest BCUT2D eigenvalue weighted by Crippen LogP contribution is -2.44. The fourth-order valence-corrected chi connectivity index (χ4v) is 2.33. The van der Waals surface area contributed by atoms with E-state index in [1.54, 1.807) is 6.20 Å². The normalized spacial score (nSPS) is 15.2. The van der Waals surface area contributed by atoms with Crippen LogP contribution < -0.4 is 10.6 Å². The molecule has 1 aromatic heterocycles. The number of nitrogens with zero attached hydrogens (tertiary/aromatic N) is 1. The average molecular weight is 255 g/mol. The van der Waals surface area contributed by atoms with Crippen LogP contribution in [-0.2, 0) is 11.3 Å². The van der Waals surface area contributed by atoms with E-state index in [1.165, 1.54) is 0 Å². The van der Waals surface area contributed by atoms with Crippen LogP contribution >= 0.6 is 0 Å². The van der Waals surface area contributed by atoms with Crippen molar-refractivity contribution in [1.29, 1.82) is 0 Å². The maximum absolute atomic E-state index is 11.8. The summed E-state index contributed by atoms with van der Waals surface area (Å²) in [5, 5.41) is 7.27. The number of benzene rings is 1. The maximum Gasteiger partial charge on any atom is 0.220 e. The van der Waals surface area contributed by atoms with Crippen molar-refractivity contribution in [2.75, 3.05) is 13.1 Å². The summed E-state index contributed by atoms with van der Waals surface area (Å²) in [6, 6.07) is 10.0. The highest BCUT2D eigenvalue weighted by molar-refractivity contribution is 5.82. The highest BCUT2D eigenvalue weighted by Crippen LogP contribution is 2.16. The lowest BCUT2D eigenvalue weighted by atomic mass is 9.99.